The highest BCUT2D eigenvalue weighted by molar-refractivity contribution is 5.97. The van der Waals surface area contributed by atoms with Crippen LogP contribution in [0.25, 0.3) is 10.8 Å². The molecule has 0 radical (unpaired) electrons. The summed E-state index contributed by atoms with van der Waals surface area (Å²) in [6, 6.07) is 13.3. The topological polar surface area (TPSA) is 97.7 Å². The number of nitrogens with zero attached hydrogens (tertiary/aromatic N) is 5. The van der Waals surface area contributed by atoms with Crippen LogP contribution in [0.3, 0.4) is 0 Å². The molecule has 2 N–H and O–H groups in total. The summed E-state index contributed by atoms with van der Waals surface area (Å²) in [5.74, 6) is 0.859. The summed E-state index contributed by atoms with van der Waals surface area (Å²) >= 11 is 0. The van der Waals surface area contributed by atoms with Gasteiger partial charge in [-0.05, 0) is 36.4 Å². The van der Waals surface area contributed by atoms with Gasteiger partial charge in [0.1, 0.15) is 5.82 Å². The Morgan fingerprint density at radius 3 is 2.51 bits per heavy atom. The van der Waals surface area contributed by atoms with Crippen LogP contribution in [0, 0.1) is 12.3 Å². The number of piperazine rings is 1. The number of methoxy groups -OCH3 is 1. The summed E-state index contributed by atoms with van der Waals surface area (Å²) in [7, 11) is 3.37. The van der Waals surface area contributed by atoms with Crippen LogP contribution < -0.4 is 19.9 Å². The number of amides is 1. The van der Waals surface area contributed by atoms with Crippen molar-refractivity contribution in [1.29, 1.82) is 5.41 Å². The molecule has 1 amide bonds. The predicted octanol–water partition coefficient (Wildman–Crippen LogP) is 3.47. The number of allylic oxidation sites excluding steroid dienone is 2. The zero-order chi connectivity index (χ0) is 27.4. The molecule has 0 spiro atoms. The zero-order valence-electron chi connectivity index (χ0n) is 22.8. The monoisotopic (exact) mass is 525 g/mol. The Bertz CT molecular complexity index is 1440. The minimum absolute atomic E-state index is 0.0539. The molecule has 1 fully saturated rings. The van der Waals surface area contributed by atoms with Gasteiger partial charge in [-0.3, -0.25) is 4.79 Å². The average molecular weight is 526 g/mol. The maximum Gasteiger partial charge on any atom is 0.318 e. The van der Waals surface area contributed by atoms with E-state index in [4.69, 9.17) is 20.1 Å². The van der Waals surface area contributed by atoms with Gasteiger partial charge in [0, 0.05) is 80.5 Å². The van der Waals surface area contributed by atoms with E-state index in [0.29, 0.717) is 44.3 Å². The molecule has 9 nitrogen and oxygen atoms in total. The van der Waals surface area contributed by atoms with Crippen LogP contribution in [0.15, 0.2) is 60.3 Å². The van der Waals surface area contributed by atoms with Gasteiger partial charge in [-0.15, -0.1) is 0 Å². The first kappa shape index (κ1) is 26.2. The highest BCUT2D eigenvalue weighted by Crippen LogP contribution is 2.35. The molecule has 3 aromatic rings. The third-order valence-electron chi connectivity index (χ3n) is 7.42. The third kappa shape index (κ3) is 5.43. The molecule has 0 aliphatic carbocycles. The van der Waals surface area contributed by atoms with Gasteiger partial charge in [0.25, 0.3) is 0 Å². The van der Waals surface area contributed by atoms with Crippen molar-refractivity contribution < 1.29 is 9.53 Å². The second-order valence-electron chi connectivity index (χ2n) is 9.80. The lowest BCUT2D eigenvalue weighted by Crippen LogP contribution is -2.49. The van der Waals surface area contributed by atoms with Gasteiger partial charge in [-0.1, -0.05) is 30.3 Å². The van der Waals surface area contributed by atoms with Gasteiger partial charge in [0.2, 0.25) is 5.91 Å². The fraction of sp³-hybridized carbons (Fsp3) is 0.333. The van der Waals surface area contributed by atoms with Crippen molar-refractivity contribution in [3.8, 4) is 6.01 Å². The molecule has 0 unspecified atom stereocenters. The summed E-state index contributed by atoms with van der Waals surface area (Å²) in [6.45, 7) is 6.29. The standard InChI is InChI=1S/C30H35N7O2/c1-21-6-4-7-23-8-5-9-26(28(21)23)37-13-12-24-25(20-37)33-30(39-3)34-29(24)36-16-14-35(15-17-36)27(38)11-10-22(18-31)19-32-2/h4-11,18-19,31-32H,12-17,20H2,1-3H3/b11-10+,22-19-,31-18?. The normalized spacial score (nSPS) is 16.0. The number of carbonyl (C=O) groups is 1. The number of carbonyl (C=O) groups excluding carboxylic acids is 1. The van der Waals surface area contributed by atoms with Gasteiger partial charge in [0.15, 0.2) is 0 Å². The van der Waals surface area contributed by atoms with Gasteiger partial charge in [0.05, 0.1) is 19.3 Å². The Balaban J connectivity index is 1.35. The number of aryl methyl sites for hydroxylation is 1. The summed E-state index contributed by atoms with van der Waals surface area (Å²) in [4.78, 5) is 28.8. The van der Waals surface area contributed by atoms with Crippen LogP contribution in [0.5, 0.6) is 6.01 Å². The molecule has 1 saturated heterocycles. The van der Waals surface area contributed by atoms with Crippen LogP contribution in [0.4, 0.5) is 11.5 Å². The highest BCUT2D eigenvalue weighted by atomic mass is 16.5. The second kappa shape index (κ2) is 11.6. The number of aromatic nitrogens is 2. The molecule has 2 aliphatic heterocycles. The van der Waals surface area contributed by atoms with E-state index in [-0.39, 0.29) is 5.91 Å². The van der Waals surface area contributed by atoms with E-state index >= 15 is 0 Å². The molecule has 39 heavy (non-hydrogen) atoms. The summed E-state index contributed by atoms with van der Waals surface area (Å²) in [5, 5.41) is 12.9. The SMILES string of the molecule is CN/C=C(C=N)/C=C/C(=O)N1CCN(c2nc(OC)nc3c2CCN(c2cccc4cccc(C)c24)C3)CC1. The Kier molecular flexibility index (Phi) is 7.76. The maximum absolute atomic E-state index is 12.7. The number of rotatable bonds is 7. The Hall–Kier alpha value is -4.40. The van der Waals surface area contributed by atoms with Gasteiger partial charge >= 0.3 is 6.01 Å². The first-order valence-corrected chi connectivity index (χ1v) is 13.3. The molecule has 5 rings (SSSR count). The maximum atomic E-state index is 12.7. The van der Waals surface area contributed by atoms with Crippen molar-refractivity contribution in [1.82, 2.24) is 20.2 Å². The fourth-order valence-corrected chi connectivity index (χ4v) is 5.43. The first-order valence-electron chi connectivity index (χ1n) is 13.3. The van der Waals surface area contributed by atoms with E-state index < -0.39 is 0 Å². The lowest BCUT2D eigenvalue weighted by atomic mass is 9.99. The molecule has 2 aromatic carbocycles. The zero-order valence-corrected chi connectivity index (χ0v) is 22.8. The van der Waals surface area contributed by atoms with Crippen molar-refractivity contribution >= 4 is 34.4 Å². The van der Waals surface area contributed by atoms with Gasteiger partial charge in [-0.2, -0.15) is 9.97 Å². The molecule has 1 aromatic heterocycles. The fourth-order valence-electron chi connectivity index (χ4n) is 5.43. The number of nitrogens with one attached hydrogen (secondary N) is 2. The average Bonchev–Trinajstić information content (AvgIpc) is 2.98. The molecular weight excluding hydrogens is 490 g/mol. The van der Waals surface area contributed by atoms with Crippen LogP contribution in [-0.2, 0) is 17.8 Å². The Morgan fingerprint density at radius 2 is 1.79 bits per heavy atom. The molecular formula is C30H35N7O2. The summed E-state index contributed by atoms with van der Waals surface area (Å²) < 4.78 is 5.52. The van der Waals surface area contributed by atoms with Crippen LogP contribution in [0.2, 0.25) is 0 Å². The minimum atomic E-state index is -0.0539. The molecule has 202 valence electrons. The van der Waals surface area contributed by atoms with Crippen LogP contribution in [-0.4, -0.2) is 73.9 Å². The Morgan fingerprint density at radius 1 is 1.03 bits per heavy atom. The van der Waals surface area contributed by atoms with Gasteiger partial charge < -0.3 is 30.2 Å². The summed E-state index contributed by atoms with van der Waals surface area (Å²) in [5.41, 5.74) is 5.29. The number of fused-ring (bicyclic) bond motifs is 2. The van der Waals surface area contributed by atoms with Crippen LogP contribution in [0.1, 0.15) is 16.8 Å². The molecule has 0 atom stereocenters. The van der Waals surface area contributed by atoms with E-state index in [9.17, 15) is 4.79 Å². The number of benzene rings is 2. The third-order valence-corrected chi connectivity index (χ3v) is 7.42. The van der Waals surface area contributed by atoms with Crippen molar-refractivity contribution in [2.75, 3.05) is 56.7 Å². The summed E-state index contributed by atoms with van der Waals surface area (Å²) in [6.07, 6.45) is 6.93. The van der Waals surface area contributed by atoms with E-state index in [2.05, 4.69) is 58.4 Å². The molecule has 0 bridgehead atoms. The quantitative estimate of drug-likeness (QED) is 0.277. The van der Waals surface area contributed by atoms with E-state index in [1.807, 2.05) is 4.90 Å². The second-order valence-corrected chi connectivity index (χ2v) is 9.80. The largest absolute Gasteiger partial charge is 0.467 e. The molecule has 0 saturated carbocycles. The minimum Gasteiger partial charge on any atom is -0.467 e. The molecule has 2 aliphatic rings. The predicted molar refractivity (Wildman–Crippen MR) is 156 cm³/mol. The number of hydrogen-bond donors (Lipinski definition) is 2. The smallest absolute Gasteiger partial charge is 0.318 e. The number of hydrogen-bond acceptors (Lipinski definition) is 8. The molecule has 3 heterocycles. The van der Waals surface area contributed by atoms with Crippen LogP contribution >= 0.6 is 0 Å². The van der Waals surface area contributed by atoms with Gasteiger partial charge in [-0.25, -0.2) is 0 Å². The van der Waals surface area contributed by atoms with E-state index in [1.165, 1.54) is 34.3 Å². The van der Waals surface area contributed by atoms with Crippen molar-refractivity contribution in [3.05, 3.63) is 77.1 Å². The lowest BCUT2D eigenvalue weighted by molar-refractivity contribution is -0.126. The van der Waals surface area contributed by atoms with Crippen molar-refractivity contribution in [2.24, 2.45) is 0 Å². The van der Waals surface area contributed by atoms with Crippen molar-refractivity contribution in [3.63, 3.8) is 0 Å². The number of anilines is 2. The first-order chi connectivity index (χ1) is 19.0. The van der Waals surface area contributed by atoms with Crippen molar-refractivity contribution in [2.45, 2.75) is 19.9 Å². The van der Waals surface area contributed by atoms with E-state index in [0.717, 1.165) is 30.0 Å². The van der Waals surface area contributed by atoms with E-state index in [1.54, 1.807) is 26.4 Å². The number of ether oxygens (including phenoxy) is 1. The lowest BCUT2D eigenvalue weighted by Gasteiger charge is -2.38. The molecule has 9 heteroatoms. The highest BCUT2D eigenvalue weighted by Gasteiger charge is 2.29. The Labute approximate surface area is 229 Å².